The molecule has 1 atom stereocenters. The lowest BCUT2D eigenvalue weighted by Crippen LogP contribution is -2.48. The van der Waals surface area contributed by atoms with Crippen LogP contribution in [-0.2, 0) is 14.8 Å². The molecule has 2 rings (SSSR count). The normalized spacial score (nSPS) is 12.1. The molecule has 0 aliphatic heterocycles. The third-order valence-corrected chi connectivity index (χ3v) is 6.17. The number of amides is 1. The molecule has 0 aliphatic carbocycles. The Bertz CT molecular complexity index is 1020. The molecule has 0 aliphatic rings. The number of carbonyl (C=O) groups is 1. The average Bonchev–Trinajstić information content (AvgIpc) is 2.72. The number of nitrogens with one attached hydrogen (secondary N) is 1. The number of aryl methyl sites for hydroxylation is 1. The zero-order chi connectivity index (χ0) is 23.2. The van der Waals surface area contributed by atoms with E-state index in [0.29, 0.717) is 17.2 Å². The van der Waals surface area contributed by atoms with Crippen molar-refractivity contribution in [3.63, 3.8) is 0 Å². The Hall–Kier alpha value is -2.94. The van der Waals surface area contributed by atoms with Crippen LogP contribution >= 0.6 is 0 Å². The number of benzene rings is 2. The molecule has 0 spiro atoms. The second-order valence-electron chi connectivity index (χ2n) is 7.11. The fourth-order valence-electron chi connectivity index (χ4n) is 3.13. The zero-order valence-electron chi connectivity index (χ0n) is 18.8. The molecule has 0 saturated heterocycles. The summed E-state index contributed by atoms with van der Waals surface area (Å²) in [5.41, 5.74) is 2.46. The van der Waals surface area contributed by atoms with E-state index < -0.39 is 22.0 Å². The summed E-state index contributed by atoms with van der Waals surface area (Å²) >= 11 is 0. The summed E-state index contributed by atoms with van der Waals surface area (Å²) in [6, 6.07) is 9.48. The summed E-state index contributed by atoms with van der Waals surface area (Å²) in [6.07, 6.45) is 1.05. The van der Waals surface area contributed by atoms with Crippen LogP contribution in [-0.4, -0.2) is 54.0 Å². The Balaban J connectivity index is 2.09. The van der Waals surface area contributed by atoms with Crippen LogP contribution in [0.1, 0.15) is 18.1 Å². The highest BCUT2D eigenvalue weighted by molar-refractivity contribution is 7.92. The lowest BCUT2D eigenvalue weighted by molar-refractivity contribution is -0.121. The van der Waals surface area contributed by atoms with E-state index in [-0.39, 0.29) is 13.2 Å². The van der Waals surface area contributed by atoms with Crippen LogP contribution in [0.25, 0.3) is 0 Å². The number of ether oxygens (including phenoxy) is 3. The van der Waals surface area contributed by atoms with E-state index in [4.69, 9.17) is 14.2 Å². The minimum absolute atomic E-state index is 0.236. The van der Waals surface area contributed by atoms with E-state index in [9.17, 15) is 13.2 Å². The van der Waals surface area contributed by atoms with Gasteiger partial charge in [-0.1, -0.05) is 12.1 Å². The molecule has 8 nitrogen and oxygen atoms in total. The number of anilines is 1. The van der Waals surface area contributed by atoms with Gasteiger partial charge in [-0.3, -0.25) is 9.10 Å². The van der Waals surface area contributed by atoms with Crippen molar-refractivity contribution >= 4 is 21.6 Å². The minimum atomic E-state index is -3.75. The maximum atomic E-state index is 12.7. The molecule has 1 amide bonds. The Labute approximate surface area is 184 Å². The molecule has 0 bridgehead atoms. The Kier molecular flexibility index (Phi) is 8.15. The lowest BCUT2D eigenvalue weighted by atomic mass is 10.1. The molecule has 2 aromatic rings. The van der Waals surface area contributed by atoms with Crippen LogP contribution in [0.15, 0.2) is 36.4 Å². The fraction of sp³-hybridized carbons (Fsp3) is 0.409. The topological polar surface area (TPSA) is 94.2 Å². The van der Waals surface area contributed by atoms with Crippen LogP contribution < -0.4 is 23.8 Å². The number of hydrogen-bond donors (Lipinski definition) is 1. The summed E-state index contributed by atoms with van der Waals surface area (Å²) in [6.45, 7) is 5.99. The van der Waals surface area contributed by atoms with Gasteiger partial charge in [0.2, 0.25) is 15.9 Å². The first-order valence-corrected chi connectivity index (χ1v) is 11.6. The number of sulfonamides is 1. The van der Waals surface area contributed by atoms with E-state index in [2.05, 4.69) is 5.32 Å². The standard InChI is InChI=1S/C22H30N2O6S/c1-15-8-7-9-19(16(15)2)30-13-12-23-22(25)17(3)24(31(6,26)27)18-10-11-20(28-4)21(14-18)29-5/h7-11,14,17H,12-13H2,1-6H3,(H,23,25)/t17-/m0/s1. The van der Waals surface area contributed by atoms with Crippen molar-refractivity contribution in [2.24, 2.45) is 0 Å². The van der Waals surface area contributed by atoms with Crippen LogP contribution in [0.2, 0.25) is 0 Å². The molecular weight excluding hydrogens is 420 g/mol. The number of nitrogens with zero attached hydrogens (tertiary/aromatic N) is 1. The van der Waals surface area contributed by atoms with Crippen LogP contribution in [0, 0.1) is 13.8 Å². The zero-order valence-corrected chi connectivity index (χ0v) is 19.6. The minimum Gasteiger partial charge on any atom is -0.493 e. The number of hydrogen-bond acceptors (Lipinski definition) is 6. The van der Waals surface area contributed by atoms with Gasteiger partial charge in [-0.15, -0.1) is 0 Å². The molecule has 0 aromatic heterocycles. The van der Waals surface area contributed by atoms with Gasteiger partial charge < -0.3 is 19.5 Å². The molecule has 9 heteroatoms. The smallest absolute Gasteiger partial charge is 0.243 e. The summed E-state index contributed by atoms with van der Waals surface area (Å²) < 4.78 is 42.2. The average molecular weight is 451 g/mol. The summed E-state index contributed by atoms with van der Waals surface area (Å²) in [4.78, 5) is 12.7. The first kappa shape index (κ1) is 24.3. The summed E-state index contributed by atoms with van der Waals surface area (Å²) in [5, 5.41) is 2.73. The number of rotatable bonds is 10. The summed E-state index contributed by atoms with van der Waals surface area (Å²) in [7, 11) is -0.801. The van der Waals surface area contributed by atoms with Crippen molar-refractivity contribution in [2.45, 2.75) is 26.8 Å². The molecular formula is C22H30N2O6S. The van der Waals surface area contributed by atoms with Gasteiger partial charge in [-0.25, -0.2) is 8.42 Å². The second-order valence-corrected chi connectivity index (χ2v) is 8.97. The predicted molar refractivity (Wildman–Crippen MR) is 121 cm³/mol. The van der Waals surface area contributed by atoms with E-state index in [1.54, 1.807) is 12.1 Å². The van der Waals surface area contributed by atoms with Crippen LogP contribution in [0.5, 0.6) is 17.2 Å². The predicted octanol–water partition coefficient (Wildman–Crippen LogP) is 2.67. The highest BCUT2D eigenvalue weighted by Gasteiger charge is 2.29. The quantitative estimate of drug-likeness (QED) is 0.560. The Morgan fingerprint density at radius 2 is 1.74 bits per heavy atom. The van der Waals surface area contributed by atoms with E-state index in [1.807, 2.05) is 32.0 Å². The molecule has 0 radical (unpaired) electrons. The largest absolute Gasteiger partial charge is 0.493 e. The molecule has 0 saturated carbocycles. The molecule has 2 aromatic carbocycles. The molecule has 0 unspecified atom stereocenters. The van der Waals surface area contributed by atoms with Gasteiger partial charge in [-0.05, 0) is 50.1 Å². The van der Waals surface area contributed by atoms with E-state index in [0.717, 1.165) is 27.4 Å². The molecule has 1 N–H and O–H groups in total. The van der Waals surface area contributed by atoms with Gasteiger partial charge in [0.25, 0.3) is 0 Å². The van der Waals surface area contributed by atoms with Gasteiger partial charge in [0, 0.05) is 6.07 Å². The third kappa shape index (κ3) is 6.04. The summed E-state index contributed by atoms with van der Waals surface area (Å²) in [5.74, 6) is 1.14. The fourth-order valence-corrected chi connectivity index (χ4v) is 4.30. The van der Waals surface area contributed by atoms with Gasteiger partial charge in [-0.2, -0.15) is 0 Å². The molecule has 0 heterocycles. The van der Waals surface area contributed by atoms with Gasteiger partial charge >= 0.3 is 0 Å². The van der Waals surface area contributed by atoms with Gasteiger partial charge in [0.15, 0.2) is 11.5 Å². The van der Waals surface area contributed by atoms with Gasteiger partial charge in [0.1, 0.15) is 18.4 Å². The van der Waals surface area contributed by atoms with Gasteiger partial charge in [0.05, 0.1) is 32.7 Å². The lowest BCUT2D eigenvalue weighted by Gasteiger charge is -2.28. The van der Waals surface area contributed by atoms with Crippen molar-refractivity contribution < 1.29 is 27.4 Å². The maximum Gasteiger partial charge on any atom is 0.243 e. The first-order chi connectivity index (χ1) is 14.6. The van der Waals surface area contributed by atoms with Crippen LogP contribution in [0.3, 0.4) is 0 Å². The Morgan fingerprint density at radius 3 is 2.35 bits per heavy atom. The first-order valence-electron chi connectivity index (χ1n) is 9.78. The maximum absolute atomic E-state index is 12.7. The third-order valence-electron chi connectivity index (χ3n) is 4.92. The highest BCUT2D eigenvalue weighted by atomic mass is 32.2. The molecule has 170 valence electrons. The Morgan fingerprint density at radius 1 is 1.06 bits per heavy atom. The monoisotopic (exact) mass is 450 g/mol. The number of methoxy groups -OCH3 is 2. The van der Waals surface area contributed by atoms with Crippen LogP contribution in [0.4, 0.5) is 5.69 Å². The van der Waals surface area contributed by atoms with E-state index >= 15 is 0 Å². The second kappa shape index (κ2) is 10.4. The molecule has 31 heavy (non-hydrogen) atoms. The van der Waals surface area contributed by atoms with Crippen molar-refractivity contribution in [3.8, 4) is 17.2 Å². The van der Waals surface area contributed by atoms with Crippen molar-refractivity contribution in [1.82, 2.24) is 5.32 Å². The van der Waals surface area contributed by atoms with E-state index in [1.165, 1.54) is 27.2 Å². The number of carbonyl (C=O) groups excluding carboxylic acids is 1. The molecule has 0 fully saturated rings. The SMILES string of the molecule is COc1ccc(N([C@@H](C)C(=O)NCCOc2cccc(C)c2C)S(C)(=O)=O)cc1OC. The highest BCUT2D eigenvalue weighted by Crippen LogP contribution is 2.33. The van der Waals surface area contributed by atoms with Crippen molar-refractivity contribution in [2.75, 3.05) is 37.9 Å². The van der Waals surface area contributed by atoms with Crippen molar-refractivity contribution in [1.29, 1.82) is 0 Å². The van der Waals surface area contributed by atoms with Crippen molar-refractivity contribution in [3.05, 3.63) is 47.5 Å².